The van der Waals surface area contributed by atoms with Gasteiger partial charge in [-0.25, -0.2) is 80.9 Å². The Bertz CT molecular complexity index is 6270. The van der Waals surface area contributed by atoms with E-state index in [0.29, 0.717) is 193 Å². The van der Waals surface area contributed by atoms with Crippen molar-refractivity contribution in [3.05, 3.63) is 139 Å². The summed E-state index contributed by atoms with van der Waals surface area (Å²) in [7, 11) is -12.0. The molecular weight excluding hydrogens is 1890 g/mol. The number of aromatic nitrogens is 12. The van der Waals surface area contributed by atoms with Crippen molar-refractivity contribution in [3.63, 3.8) is 0 Å². The molecule has 10 atom stereocenters. The molecular formula is C95H127N27O13S5. The first kappa shape index (κ1) is 102. The molecule has 2 aliphatic carbocycles. The SMILES string of the molecule is C[C@@H]1COCCN1c1cc(N=S(C)(=O)C2COC2)nc(-c2cccc(N)c2)n1.C[C@@H]1COCCN1c1cc(N=[S@@](C)(=O)C2COC2)nc(-c2cccc(N)c2)n1.C[C@@H]1COCCN1c1cc(N=[S@](C)(=O)C2COC2)nc(-c2cccc(N)c2)n1.Cc1cc(-c2nc(N=[S@@](C)(=O)C3CC3)cc(N3CCOC[C@H]3C)n2)cc(N)n1.Cc1cc(-c2nc(N=[S@](C)(=O)C3CC3)cc(N3CCOC[C@H]3C)n2)cc(N)n1. The highest BCUT2D eigenvalue weighted by molar-refractivity contribution is 7.95. The van der Waals surface area contributed by atoms with E-state index in [1.165, 1.54) is 0 Å². The number of pyridine rings is 2. The number of benzene rings is 3. The lowest BCUT2D eigenvalue weighted by molar-refractivity contribution is 0.0430. The number of nitrogen functional groups attached to an aromatic ring is 5. The van der Waals surface area contributed by atoms with E-state index >= 15 is 0 Å². The van der Waals surface area contributed by atoms with Crippen LogP contribution >= 0.6 is 0 Å². The molecule has 8 saturated heterocycles. The molecule has 750 valence electrons. The molecule has 140 heavy (non-hydrogen) atoms. The van der Waals surface area contributed by atoms with Gasteiger partial charge in [0.1, 0.15) is 40.7 Å². The fourth-order valence-corrected chi connectivity index (χ4v) is 23.6. The number of hydrogen-bond acceptors (Lipinski definition) is 40. The quantitative estimate of drug-likeness (QED) is 0.0442. The Hall–Kier alpha value is -11.2. The third-order valence-corrected chi connectivity index (χ3v) is 35.7. The summed E-state index contributed by atoms with van der Waals surface area (Å²) >= 11 is 0. The van der Waals surface area contributed by atoms with Crippen molar-refractivity contribution in [2.24, 2.45) is 21.8 Å². The molecule has 1 unspecified atom stereocenters. The largest absolute Gasteiger partial charge is 0.399 e. The van der Waals surface area contributed by atoms with Gasteiger partial charge in [0.25, 0.3) is 0 Å². The van der Waals surface area contributed by atoms with E-state index < -0.39 is 48.6 Å². The Morgan fingerprint density at radius 3 is 0.686 bits per heavy atom. The van der Waals surface area contributed by atoms with Gasteiger partial charge >= 0.3 is 0 Å². The standard InChI is InChI=1S/2C19H26N6O2S.3C19H25N5O3S/c2*1-12-8-14(9-16(20)21-12)19-22-17(24-28(3,26)15-4-5-15)10-18(23-19)25-6-7-27-11-13(25)2;3*1-13-10-26-7-6-24(13)18-9-17(23-28(2,25)16-11-27-12-16)21-19(22-18)14-4-3-5-15(20)8-14/h2*8-10,13,15H,4-7,11H2,1-3H3,(H2,20,21);3*3-5,8-9,13,16H,6-7,10-12,20H2,1-2H3/t13-,28+;13-,28-;13-,28?;13-,28+;13-,28-/m11111/s1. The summed E-state index contributed by atoms with van der Waals surface area (Å²) in [5, 5.41) is 0.128. The summed E-state index contributed by atoms with van der Waals surface area (Å²) in [6.45, 7) is 27.1. The van der Waals surface area contributed by atoms with Crippen molar-refractivity contribution in [1.82, 2.24) is 59.8 Å². The average molecular weight is 2020 g/mol. The minimum Gasteiger partial charge on any atom is -0.399 e. The molecule has 8 aliphatic heterocycles. The number of hydrogen-bond donors (Lipinski definition) is 5. The van der Waals surface area contributed by atoms with Gasteiger partial charge in [-0.15, -0.1) is 0 Å². The maximum atomic E-state index is 13.0. The van der Waals surface area contributed by atoms with E-state index in [2.05, 4.69) is 116 Å². The fraction of sp³-hybridized carbons (Fsp3) is 0.495. The van der Waals surface area contributed by atoms with Crippen LogP contribution in [0.1, 0.15) is 71.7 Å². The molecule has 45 heteroatoms. The van der Waals surface area contributed by atoms with Crippen molar-refractivity contribution in [2.45, 2.75) is 131 Å². The second kappa shape index (κ2) is 44.1. The zero-order valence-electron chi connectivity index (χ0n) is 81.1. The number of morpholine rings is 5. The molecule has 0 bridgehead atoms. The van der Waals surface area contributed by atoms with Gasteiger partial charge in [-0.2, -0.15) is 21.8 Å². The van der Waals surface area contributed by atoms with E-state index in [1.807, 2.05) is 111 Å². The first-order valence-electron chi connectivity index (χ1n) is 46.9. The van der Waals surface area contributed by atoms with Crippen LogP contribution in [-0.4, -0.2) is 307 Å². The third-order valence-electron chi connectivity index (χ3n) is 25.0. The molecule has 10 aromatic rings. The van der Waals surface area contributed by atoms with Crippen molar-refractivity contribution >= 4 is 136 Å². The van der Waals surface area contributed by atoms with E-state index in [9.17, 15) is 21.0 Å². The van der Waals surface area contributed by atoms with Crippen LogP contribution in [0.15, 0.2) is 149 Å². The summed E-state index contributed by atoms with van der Waals surface area (Å²) in [6, 6.07) is 39.5. The summed E-state index contributed by atoms with van der Waals surface area (Å²) in [5.74, 6) is 9.34. The predicted molar refractivity (Wildman–Crippen MR) is 553 cm³/mol. The lowest BCUT2D eigenvalue weighted by Gasteiger charge is -2.34. The summed E-state index contributed by atoms with van der Waals surface area (Å²) in [4.78, 5) is 66.1. The maximum Gasteiger partial charge on any atom is 0.167 e. The molecule has 0 amide bonds. The smallest absolute Gasteiger partial charge is 0.167 e. The van der Waals surface area contributed by atoms with E-state index in [1.54, 1.807) is 61.6 Å². The molecule has 10 N–H and O–H groups in total. The minimum atomic E-state index is -2.45. The molecule has 40 nitrogen and oxygen atoms in total. The topological polar surface area (TPSA) is 522 Å². The Morgan fingerprint density at radius 2 is 0.493 bits per heavy atom. The summed E-state index contributed by atoms with van der Waals surface area (Å²) < 4.78 is 131. The van der Waals surface area contributed by atoms with Gasteiger partial charge in [-0.3, -0.25) is 0 Å². The van der Waals surface area contributed by atoms with Gasteiger partial charge in [0, 0.05) is 161 Å². The van der Waals surface area contributed by atoms with Crippen LogP contribution in [0.25, 0.3) is 56.9 Å². The molecule has 20 rings (SSSR count). The van der Waals surface area contributed by atoms with Crippen LogP contribution in [0.2, 0.25) is 0 Å². The fourth-order valence-electron chi connectivity index (χ4n) is 16.5. The van der Waals surface area contributed by atoms with Gasteiger partial charge < -0.3 is 91.1 Å². The number of nitrogens with zero attached hydrogens (tertiary/aromatic N) is 22. The van der Waals surface area contributed by atoms with Gasteiger partial charge in [0.15, 0.2) is 58.2 Å². The van der Waals surface area contributed by atoms with Crippen LogP contribution < -0.4 is 53.2 Å². The zero-order valence-corrected chi connectivity index (χ0v) is 85.2. The Balaban J connectivity index is 0.000000126. The first-order chi connectivity index (χ1) is 66.9. The highest BCUT2D eigenvalue weighted by Crippen LogP contribution is 2.39. The van der Waals surface area contributed by atoms with Crippen LogP contribution in [0, 0.1) is 13.8 Å². The number of anilines is 10. The Morgan fingerprint density at radius 1 is 0.271 bits per heavy atom. The lowest BCUT2D eigenvalue weighted by Crippen LogP contribution is -2.44. The molecule has 7 aromatic heterocycles. The molecule has 10 fully saturated rings. The normalized spacial score (nSPS) is 22.2. The van der Waals surface area contributed by atoms with Gasteiger partial charge in [0.05, 0.1) is 200 Å². The van der Waals surface area contributed by atoms with E-state index in [0.717, 1.165) is 127 Å². The number of nitrogens with two attached hydrogens (primary N) is 5. The second-order valence-electron chi connectivity index (χ2n) is 37.0. The Kier molecular flexibility index (Phi) is 32.1. The molecule has 0 radical (unpaired) electrons. The third kappa shape index (κ3) is 26.2. The second-order valence-corrected chi connectivity index (χ2v) is 49.8. The van der Waals surface area contributed by atoms with Gasteiger partial charge in [-0.05, 0) is 135 Å². The highest BCUT2D eigenvalue weighted by atomic mass is 32.2. The van der Waals surface area contributed by atoms with Gasteiger partial charge in [-0.1, -0.05) is 36.4 Å². The van der Waals surface area contributed by atoms with Gasteiger partial charge in [0.2, 0.25) is 0 Å². The number of rotatable bonds is 20. The molecule has 0 spiro atoms. The van der Waals surface area contributed by atoms with E-state index in [-0.39, 0.29) is 56.5 Å². The zero-order chi connectivity index (χ0) is 99.0. The molecule has 15 heterocycles. The van der Waals surface area contributed by atoms with Crippen molar-refractivity contribution in [2.75, 3.05) is 223 Å². The van der Waals surface area contributed by atoms with E-state index in [4.69, 9.17) is 91.5 Å². The molecule has 3 aromatic carbocycles. The summed E-state index contributed by atoms with van der Waals surface area (Å²) in [6.07, 6.45) is 12.3. The predicted octanol–water partition coefficient (Wildman–Crippen LogP) is 11.3. The Labute approximate surface area is 819 Å². The molecule has 2 saturated carbocycles. The minimum absolute atomic E-state index is 0.0657. The summed E-state index contributed by atoms with van der Waals surface area (Å²) in [5.41, 5.74) is 37.1. The van der Waals surface area contributed by atoms with Crippen LogP contribution in [-0.2, 0) is 86.5 Å². The van der Waals surface area contributed by atoms with Crippen LogP contribution in [0.3, 0.4) is 0 Å². The van der Waals surface area contributed by atoms with Crippen molar-refractivity contribution in [1.29, 1.82) is 0 Å². The highest BCUT2D eigenvalue weighted by Gasteiger charge is 2.37. The van der Waals surface area contributed by atoms with Crippen molar-refractivity contribution < 1.29 is 58.9 Å². The molecule has 10 aliphatic rings. The van der Waals surface area contributed by atoms with Crippen molar-refractivity contribution in [3.8, 4) is 56.9 Å². The van der Waals surface area contributed by atoms with Crippen LogP contribution in [0.4, 0.5) is 86.9 Å². The number of ether oxygens (including phenoxy) is 8. The lowest BCUT2D eigenvalue weighted by atomic mass is 10.2. The maximum absolute atomic E-state index is 13.0. The number of aryl methyl sites for hydroxylation is 2. The monoisotopic (exact) mass is 2010 g/mol. The average Bonchev–Trinajstić information content (AvgIpc) is 1.23. The van der Waals surface area contributed by atoms with Crippen LogP contribution in [0.5, 0.6) is 0 Å². The first-order valence-corrected chi connectivity index (χ1v) is 56.9.